The van der Waals surface area contributed by atoms with Gasteiger partial charge in [-0.15, -0.1) is 10.2 Å². The van der Waals surface area contributed by atoms with E-state index in [1.807, 2.05) is 18.2 Å². The van der Waals surface area contributed by atoms with Crippen molar-refractivity contribution in [3.8, 4) is 0 Å². The number of benzene rings is 2. The maximum atomic E-state index is 13.0. The van der Waals surface area contributed by atoms with Crippen LogP contribution < -0.4 is 15.4 Å². The normalized spacial score (nSPS) is 12.2. The van der Waals surface area contributed by atoms with Gasteiger partial charge in [0, 0.05) is 31.1 Å². The maximum Gasteiger partial charge on any atom is 0.323 e. The number of carboxylic acids is 1. The Balaban J connectivity index is 1.29. The van der Waals surface area contributed by atoms with Crippen molar-refractivity contribution in [1.29, 1.82) is 0 Å². The molecule has 2 aromatic heterocycles. The Morgan fingerprint density at radius 2 is 1.76 bits per heavy atom. The number of rotatable bonds is 13. The molecule has 38 heavy (non-hydrogen) atoms. The lowest BCUT2D eigenvalue weighted by Gasteiger charge is -2.16. The average molecular weight is 555 g/mol. The van der Waals surface area contributed by atoms with Gasteiger partial charge in [-0.1, -0.05) is 53.8 Å². The summed E-state index contributed by atoms with van der Waals surface area (Å²) in [7, 11) is -4.19. The molecule has 2 aromatic carbocycles. The van der Waals surface area contributed by atoms with E-state index < -0.39 is 34.5 Å². The highest BCUT2D eigenvalue weighted by molar-refractivity contribution is 7.89. The number of anilines is 1. The van der Waals surface area contributed by atoms with E-state index in [1.54, 1.807) is 42.6 Å². The van der Waals surface area contributed by atoms with Crippen molar-refractivity contribution in [3.63, 3.8) is 0 Å². The molecule has 11 nitrogen and oxygen atoms in total. The Morgan fingerprint density at radius 3 is 2.55 bits per heavy atom. The quantitative estimate of drug-likeness (QED) is 0.182. The van der Waals surface area contributed by atoms with E-state index in [-0.39, 0.29) is 9.90 Å². The van der Waals surface area contributed by atoms with E-state index >= 15 is 0 Å². The summed E-state index contributed by atoms with van der Waals surface area (Å²) in [5.41, 5.74) is 0. The van der Waals surface area contributed by atoms with Crippen molar-refractivity contribution in [2.75, 3.05) is 18.4 Å². The minimum Gasteiger partial charge on any atom is -0.480 e. The van der Waals surface area contributed by atoms with Crippen LogP contribution in [0.5, 0.6) is 0 Å². The van der Waals surface area contributed by atoms with Crippen molar-refractivity contribution < 1.29 is 23.1 Å². The number of hydrogen-bond acceptors (Lipinski definition) is 9. The number of carboxylic acid groups (broad SMARTS) is 1. The molecule has 2 heterocycles. The molecule has 0 saturated carbocycles. The van der Waals surface area contributed by atoms with Gasteiger partial charge in [-0.25, -0.2) is 13.4 Å². The SMILES string of the molecule is O=C(NCC(NS(=O)(=O)c1cccc2ccccc12)C(=O)O)c1nnc(CCCCNc2ccccn2)s1. The van der Waals surface area contributed by atoms with Crippen LogP contribution in [-0.2, 0) is 21.2 Å². The number of carbonyl (C=O) groups is 2. The number of unbranched alkanes of at least 4 members (excludes halogenated alkanes) is 1. The molecule has 0 aliphatic carbocycles. The molecule has 1 amide bonds. The number of aryl methyl sites for hydroxylation is 1. The second-order valence-electron chi connectivity index (χ2n) is 8.30. The number of pyridine rings is 1. The second kappa shape index (κ2) is 12.5. The summed E-state index contributed by atoms with van der Waals surface area (Å²) < 4.78 is 28.2. The minimum atomic E-state index is -4.19. The summed E-state index contributed by atoms with van der Waals surface area (Å²) in [5.74, 6) is -1.24. The maximum absolute atomic E-state index is 13.0. The first-order valence-electron chi connectivity index (χ1n) is 11.8. The van der Waals surface area contributed by atoms with Crippen molar-refractivity contribution >= 4 is 49.8 Å². The zero-order valence-electron chi connectivity index (χ0n) is 20.2. The van der Waals surface area contributed by atoms with Crippen LogP contribution in [0, 0.1) is 0 Å². The van der Waals surface area contributed by atoms with Crippen LogP contribution in [-0.4, -0.2) is 59.7 Å². The molecule has 0 fully saturated rings. The number of hydrogen-bond donors (Lipinski definition) is 4. The minimum absolute atomic E-state index is 0.0443. The van der Waals surface area contributed by atoms with Gasteiger partial charge >= 0.3 is 5.97 Å². The van der Waals surface area contributed by atoms with Crippen molar-refractivity contribution in [1.82, 2.24) is 25.2 Å². The lowest BCUT2D eigenvalue weighted by atomic mass is 10.1. The standard InChI is InChI=1S/C25H26N6O5S2/c32-23(24-30-29-22(37-24)13-4-6-15-27-21-12-3-5-14-26-21)28-16-19(25(33)34)31-38(35,36)20-11-7-9-17-8-1-2-10-18(17)20/h1-3,5,7-12,14,19,31H,4,6,13,15-16H2,(H,26,27)(H,28,32)(H,33,34). The Morgan fingerprint density at radius 1 is 0.974 bits per heavy atom. The molecule has 1 atom stereocenters. The summed E-state index contributed by atoms with van der Waals surface area (Å²) in [6.45, 7) is 0.278. The molecule has 13 heteroatoms. The number of fused-ring (bicyclic) bond motifs is 1. The highest BCUT2D eigenvalue weighted by Gasteiger charge is 2.27. The lowest BCUT2D eigenvalue weighted by molar-refractivity contribution is -0.138. The van der Waals surface area contributed by atoms with Gasteiger partial charge in [0.15, 0.2) is 0 Å². The van der Waals surface area contributed by atoms with Gasteiger partial charge in [-0.2, -0.15) is 4.72 Å². The fraction of sp³-hybridized carbons (Fsp3) is 0.240. The fourth-order valence-corrected chi connectivity index (χ4v) is 5.88. The van der Waals surface area contributed by atoms with Crippen molar-refractivity contribution in [2.45, 2.75) is 30.2 Å². The van der Waals surface area contributed by atoms with Gasteiger partial charge in [0.25, 0.3) is 5.91 Å². The van der Waals surface area contributed by atoms with Crippen LogP contribution in [0.25, 0.3) is 10.8 Å². The second-order valence-corrected chi connectivity index (χ2v) is 11.0. The van der Waals surface area contributed by atoms with E-state index in [2.05, 4.69) is 30.5 Å². The van der Waals surface area contributed by atoms with E-state index in [4.69, 9.17) is 0 Å². The summed E-state index contributed by atoms with van der Waals surface area (Å²) >= 11 is 1.11. The largest absolute Gasteiger partial charge is 0.480 e. The third kappa shape index (κ3) is 7.09. The predicted molar refractivity (Wildman–Crippen MR) is 144 cm³/mol. The molecule has 4 aromatic rings. The molecule has 0 aliphatic rings. The Bertz CT molecular complexity index is 1510. The molecule has 0 aliphatic heterocycles. The molecule has 0 radical (unpaired) electrons. The number of carbonyl (C=O) groups excluding carboxylic acids is 1. The number of aliphatic carboxylic acids is 1. The average Bonchev–Trinajstić information content (AvgIpc) is 3.40. The highest BCUT2D eigenvalue weighted by Crippen LogP contribution is 2.23. The molecule has 4 N–H and O–H groups in total. The number of aromatic nitrogens is 3. The smallest absolute Gasteiger partial charge is 0.323 e. The molecule has 0 spiro atoms. The van der Waals surface area contributed by atoms with E-state index in [0.29, 0.717) is 22.2 Å². The molecular formula is C25H26N6O5S2. The summed E-state index contributed by atoms with van der Waals surface area (Å²) in [5, 5.41) is 25.1. The topological polar surface area (TPSA) is 163 Å². The first-order valence-corrected chi connectivity index (χ1v) is 14.1. The van der Waals surface area contributed by atoms with Crippen LogP contribution >= 0.6 is 11.3 Å². The Labute approximate surface area is 223 Å². The van der Waals surface area contributed by atoms with E-state index in [9.17, 15) is 23.1 Å². The van der Waals surface area contributed by atoms with Gasteiger partial charge in [-0.05, 0) is 36.4 Å². The molecule has 0 saturated heterocycles. The summed E-state index contributed by atoms with van der Waals surface area (Å²) in [4.78, 5) is 28.5. The van der Waals surface area contributed by atoms with Crippen LogP contribution in [0.3, 0.4) is 0 Å². The third-order valence-electron chi connectivity index (χ3n) is 5.55. The fourth-order valence-electron chi connectivity index (χ4n) is 3.66. The van der Waals surface area contributed by atoms with Crippen LogP contribution in [0.4, 0.5) is 5.82 Å². The monoisotopic (exact) mass is 554 g/mol. The van der Waals surface area contributed by atoms with Crippen molar-refractivity contribution in [2.24, 2.45) is 0 Å². The van der Waals surface area contributed by atoms with Crippen LogP contribution in [0.2, 0.25) is 0 Å². The Kier molecular flexibility index (Phi) is 8.94. The van der Waals surface area contributed by atoms with Gasteiger partial charge in [0.1, 0.15) is 16.9 Å². The van der Waals surface area contributed by atoms with Gasteiger partial charge < -0.3 is 15.7 Å². The van der Waals surface area contributed by atoms with E-state index in [1.165, 1.54) is 6.07 Å². The van der Waals surface area contributed by atoms with Gasteiger partial charge in [-0.3, -0.25) is 9.59 Å². The highest BCUT2D eigenvalue weighted by atomic mass is 32.2. The number of nitrogens with one attached hydrogen (secondary N) is 3. The molecule has 198 valence electrons. The molecule has 1 unspecified atom stereocenters. The first-order chi connectivity index (χ1) is 18.3. The predicted octanol–water partition coefficient (Wildman–Crippen LogP) is 2.68. The number of amides is 1. The van der Waals surface area contributed by atoms with Gasteiger partial charge in [0.2, 0.25) is 15.0 Å². The Hall–Kier alpha value is -3.94. The number of sulfonamides is 1. The zero-order valence-corrected chi connectivity index (χ0v) is 21.8. The summed E-state index contributed by atoms with van der Waals surface area (Å²) in [6.07, 6.45) is 4.05. The third-order valence-corrected chi connectivity index (χ3v) is 8.06. The van der Waals surface area contributed by atoms with Gasteiger partial charge in [0.05, 0.1) is 4.90 Å². The van der Waals surface area contributed by atoms with E-state index in [0.717, 1.165) is 36.5 Å². The molecule has 4 rings (SSSR count). The number of nitrogens with zero attached hydrogens (tertiary/aromatic N) is 3. The summed E-state index contributed by atoms with van der Waals surface area (Å²) in [6, 6.07) is 15.7. The van der Waals surface area contributed by atoms with Crippen LogP contribution in [0.15, 0.2) is 71.8 Å². The zero-order chi connectivity index (χ0) is 27.0. The molecule has 0 bridgehead atoms. The van der Waals surface area contributed by atoms with Crippen LogP contribution in [0.1, 0.15) is 27.7 Å². The first kappa shape index (κ1) is 27.1. The molecular weight excluding hydrogens is 528 g/mol. The van der Waals surface area contributed by atoms with Crippen molar-refractivity contribution in [3.05, 3.63) is 76.9 Å². The lowest BCUT2D eigenvalue weighted by Crippen LogP contribution is -2.48.